The van der Waals surface area contributed by atoms with E-state index in [4.69, 9.17) is 14.7 Å². The summed E-state index contributed by atoms with van der Waals surface area (Å²) in [6.07, 6.45) is 0. The summed E-state index contributed by atoms with van der Waals surface area (Å²) in [6.45, 7) is -0.446. The van der Waals surface area contributed by atoms with Gasteiger partial charge in [0.2, 0.25) is 0 Å². The maximum atomic E-state index is 12.4. The summed E-state index contributed by atoms with van der Waals surface area (Å²) in [6, 6.07) is 24.1. The Hall–Kier alpha value is -4.11. The van der Waals surface area contributed by atoms with Crippen LogP contribution in [-0.2, 0) is 9.53 Å². The normalized spacial score (nSPS) is 9.82. The molecule has 1 amide bonds. The molecule has 0 aliphatic carbocycles. The second-order valence-electron chi connectivity index (χ2n) is 5.72. The predicted octanol–water partition coefficient (Wildman–Crippen LogP) is 4.15. The van der Waals surface area contributed by atoms with Crippen molar-refractivity contribution in [2.75, 3.05) is 11.9 Å². The molecule has 3 aromatic carbocycles. The van der Waals surface area contributed by atoms with E-state index in [2.05, 4.69) is 5.32 Å². The molecule has 0 aliphatic rings. The lowest BCUT2D eigenvalue weighted by atomic mass is 10.2. The number of para-hydroxylation sites is 2. The summed E-state index contributed by atoms with van der Waals surface area (Å²) >= 11 is 0. The minimum Gasteiger partial charge on any atom is -0.456 e. The SMILES string of the molecule is N#Cc1ccc(NC(=O)COC(=O)c2ccccc2Oc2ccccc2)cc1. The van der Waals surface area contributed by atoms with Crippen molar-refractivity contribution in [3.05, 3.63) is 90.0 Å². The van der Waals surface area contributed by atoms with Gasteiger partial charge in [0.1, 0.15) is 17.1 Å². The van der Waals surface area contributed by atoms with Crippen LogP contribution in [0.2, 0.25) is 0 Å². The number of carbonyl (C=O) groups is 2. The number of hydrogen-bond donors (Lipinski definition) is 1. The molecular formula is C22H16N2O4. The molecular weight excluding hydrogens is 356 g/mol. The second-order valence-corrected chi connectivity index (χ2v) is 5.72. The fourth-order valence-corrected chi connectivity index (χ4v) is 2.37. The number of hydrogen-bond acceptors (Lipinski definition) is 5. The standard InChI is InChI=1S/C22H16N2O4/c23-14-16-10-12-17(13-11-16)24-21(25)15-27-22(26)19-8-4-5-9-20(19)28-18-6-2-1-3-7-18/h1-13H,15H2,(H,24,25). The lowest BCUT2D eigenvalue weighted by Crippen LogP contribution is -2.21. The lowest BCUT2D eigenvalue weighted by Gasteiger charge is -2.11. The predicted molar refractivity (Wildman–Crippen MR) is 103 cm³/mol. The molecule has 3 rings (SSSR count). The molecule has 138 valence electrons. The highest BCUT2D eigenvalue weighted by molar-refractivity contribution is 5.96. The summed E-state index contributed by atoms with van der Waals surface area (Å²) in [4.78, 5) is 24.4. The molecule has 0 radical (unpaired) electrons. The van der Waals surface area contributed by atoms with Gasteiger partial charge in [-0.2, -0.15) is 5.26 Å². The zero-order chi connectivity index (χ0) is 19.8. The van der Waals surface area contributed by atoms with Crippen LogP contribution in [-0.4, -0.2) is 18.5 Å². The van der Waals surface area contributed by atoms with Crippen molar-refractivity contribution in [1.29, 1.82) is 5.26 Å². The van der Waals surface area contributed by atoms with Crippen molar-refractivity contribution in [2.45, 2.75) is 0 Å². The minimum absolute atomic E-state index is 0.220. The third kappa shape index (κ3) is 4.96. The van der Waals surface area contributed by atoms with Crippen molar-refractivity contribution < 1.29 is 19.1 Å². The summed E-state index contributed by atoms with van der Waals surface area (Å²) < 4.78 is 10.8. The average Bonchev–Trinajstić information content (AvgIpc) is 2.74. The molecule has 28 heavy (non-hydrogen) atoms. The number of rotatable bonds is 6. The first-order valence-electron chi connectivity index (χ1n) is 8.45. The molecule has 6 nitrogen and oxygen atoms in total. The van der Waals surface area contributed by atoms with Crippen LogP contribution in [0.5, 0.6) is 11.5 Å². The molecule has 0 atom stereocenters. The molecule has 0 aromatic heterocycles. The van der Waals surface area contributed by atoms with E-state index in [1.54, 1.807) is 60.7 Å². The molecule has 0 fully saturated rings. The van der Waals surface area contributed by atoms with Crippen LogP contribution < -0.4 is 10.1 Å². The van der Waals surface area contributed by atoms with Gasteiger partial charge in [-0.15, -0.1) is 0 Å². The zero-order valence-electron chi connectivity index (χ0n) is 14.8. The number of benzene rings is 3. The number of anilines is 1. The number of amides is 1. The second kappa shape index (κ2) is 9.01. The van der Waals surface area contributed by atoms with E-state index in [1.807, 2.05) is 24.3 Å². The first-order chi connectivity index (χ1) is 13.7. The van der Waals surface area contributed by atoms with Gasteiger partial charge in [0.25, 0.3) is 5.91 Å². The van der Waals surface area contributed by atoms with Crippen molar-refractivity contribution >= 4 is 17.6 Å². The van der Waals surface area contributed by atoms with Gasteiger partial charge in [0.05, 0.1) is 11.6 Å². The van der Waals surface area contributed by atoms with E-state index >= 15 is 0 Å². The fraction of sp³-hybridized carbons (Fsp3) is 0.0455. The van der Waals surface area contributed by atoms with Crippen LogP contribution >= 0.6 is 0 Å². The fourth-order valence-electron chi connectivity index (χ4n) is 2.37. The van der Waals surface area contributed by atoms with E-state index in [0.29, 0.717) is 22.7 Å². The van der Waals surface area contributed by atoms with Gasteiger partial charge >= 0.3 is 5.97 Å². The Balaban J connectivity index is 1.60. The van der Waals surface area contributed by atoms with Gasteiger partial charge in [-0.1, -0.05) is 30.3 Å². The smallest absolute Gasteiger partial charge is 0.342 e. The van der Waals surface area contributed by atoms with Gasteiger partial charge in [0, 0.05) is 5.69 Å². The molecule has 0 saturated heterocycles. The first kappa shape index (κ1) is 18.7. The molecule has 0 unspecified atom stereocenters. The number of nitriles is 1. The number of ether oxygens (including phenoxy) is 2. The Kier molecular flexibility index (Phi) is 6.01. The molecule has 3 aromatic rings. The largest absolute Gasteiger partial charge is 0.456 e. The molecule has 0 saturated carbocycles. The topological polar surface area (TPSA) is 88.4 Å². The molecule has 6 heteroatoms. The Bertz CT molecular complexity index is 1010. The summed E-state index contributed by atoms with van der Waals surface area (Å²) in [5, 5.41) is 11.4. The van der Waals surface area contributed by atoms with Crippen LogP contribution in [0, 0.1) is 11.3 Å². The van der Waals surface area contributed by atoms with Gasteiger partial charge in [-0.25, -0.2) is 4.79 Å². The zero-order valence-corrected chi connectivity index (χ0v) is 14.8. The average molecular weight is 372 g/mol. The van der Waals surface area contributed by atoms with Crippen molar-refractivity contribution in [3.63, 3.8) is 0 Å². The van der Waals surface area contributed by atoms with E-state index in [9.17, 15) is 9.59 Å². The first-order valence-corrected chi connectivity index (χ1v) is 8.45. The number of esters is 1. The number of carbonyl (C=O) groups excluding carboxylic acids is 2. The Labute approximate surface area is 161 Å². The summed E-state index contributed by atoms with van der Waals surface area (Å²) in [7, 11) is 0. The van der Waals surface area contributed by atoms with Crippen molar-refractivity contribution in [1.82, 2.24) is 0 Å². The van der Waals surface area contributed by atoms with Gasteiger partial charge in [-0.3, -0.25) is 4.79 Å². The maximum absolute atomic E-state index is 12.4. The van der Waals surface area contributed by atoms with Crippen LogP contribution in [0.1, 0.15) is 15.9 Å². The highest BCUT2D eigenvalue weighted by Crippen LogP contribution is 2.25. The van der Waals surface area contributed by atoms with Crippen molar-refractivity contribution in [2.24, 2.45) is 0 Å². The minimum atomic E-state index is -0.665. The van der Waals surface area contributed by atoms with Crippen LogP contribution in [0.4, 0.5) is 5.69 Å². The molecule has 0 spiro atoms. The van der Waals surface area contributed by atoms with Crippen LogP contribution in [0.3, 0.4) is 0 Å². The Morgan fingerprint density at radius 2 is 1.57 bits per heavy atom. The van der Waals surface area contributed by atoms with Gasteiger partial charge in [0.15, 0.2) is 6.61 Å². The quantitative estimate of drug-likeness (QED) is 0.657. The summed E-state index contributed by atoms with van der Waals surface area (Å²) in [5.74, 6) is -0.228. The van der Waals surface area contributed by atoms with E-state index in [0.717, 1.165) is 0 Å². The molecule has 1 N–H and O–H groups in total. The van der Waals surface area contributed by atoms with Crippen LogP contribution in [0.15, 0.2) is 78.9 Å². The highest BCUT2D eigenvalue weighted by atomic mass is 16.5. The molecule has 0 aliphatic heterocycles. The molecule has 0 bridgehead atoms. The maximum Gasteiger partial charge on any atom is 0.342 e. The monoisotopic (exact) mass is 372 g/mol. The third-order valence-electron chi connectivity index (χ3n) is 3.71. The van der Waals surface area contributed by atoms with Crippen LogP contribution in [0.25, 0.3) is 0 Å². The number of nitrogens with one attached hydrogen (secondary N) is 1. The third-order valence-corrected chi connectivity index (χ3v) is 3.71. The number of nitrogens with zero attached hydrogens (tertiary/aromatic N) is 1. The van der Waals surface area contributed by atoms with Gasteiger partial charge < -0.3 is 14.8 Å². The van der Waals surface area contributed by atoms with Gasteiger partial charge in [-0.05, 0) is 48.5 Å². The van der Waals surface area contributed by atoms with E-state index in [-0.39, 0.29) is 5.56 Å². The van der Waals surface area contributed by atoms with E-state index in [1.165, 1.54) is 0 Å². The Morgan fingerprint density at radius 3 is 2.29 bits per heavy atom. The lowest BCUT2D eigenvalue weighted by molar-refractivity contribution is -0.119. The highest BCUT2D eigenvalue weighted by Gasteiger charge is 2.16. The van der Waals surface area contributed by atoms with Crippen molar-refractivity contribution in [3.8, 4) is 17.6 Å². The summed E-state index contributed by atoms with van der Waals surface area (Å²) in [5.41, 5.74) is 1.21. The Morgan fingerprint density at radius 1 is 0.893 bits per heavy atom. The molecule has 0 heterocycles. The van der Waals surface area contributed by atoms with E-state index < -0.39 is 18.5 Å².